The molecule has 2 nitrogen and oxygen atoms in total. The van der Waals surface area contributed by atoms with Crippen LogP contribution in [0.25, 0.3) is 17.5 Å². The van der Waals surface area contributed by atoms with Crippen LogP contribution < -0.4 is 0 Å². The van der Waals surface area contributed by atoms with E-state index in [2.05, 4.69) is 72.6 Å². The molecule has 0 N–H and O–H groups in total. The van der Waals surface area contributed by atoms with Crippen molar-refractivity contribution in [3.05, 3.63) is 120 Å². The van der Waals surface area contributed by atoms with E-state index in [9.17, 15) is 0 Å². The molecule has 1 unspecified atom stereocenters. The van der Waals surface area contributed by atoms with Gasteiger partial charge in [0.1, 0.15) is 5.76 Å². The fourth-order valence-electron chi connectivity index (χ4n) is 3.23. The maximum atomic E-state index is 6.05. The number of aryl methyl sites for hydroxylation is 1. The molecule has 0 radical (unpaired) electrons. The summed E-state index contributed by atoms with van der Waals surface area (Å²) in [5.74, 6) is 1.78. The topological polar surface area (TPSA) is 26.0 Å². The van der Waals surface area contributed by atoms with Gasteiger partial charge in [0.25, 0.3) is 0 Å². The first-order chi connectivity index (χ1) is 13.8. The summed E-state index contributed by atoms with van der Waals surface area (Å²) in [4.78, 5) is 4.47. The van der Waals surface area contributed by atoms with E-state index in [1.807, 2.05) is 42.6 Å². The van der Waals surface area contributed by atoms with Crippen molar-refractivity contribution in [1.29, 1.82) is 0 Å². The molecule has 28 heavy (non-hydrogen) atoms. The monoisotopic (exact) mass is 365 g/mol. The summed E-state index contributed by atoms with van der Waals surface area (Å²) < 4.78 is 6.05. The molecule has 1 aromatic heterocycles. The van der Waals surface area contributed by atoms with E-state index in [1.165, 1.54) is 16.7 Å². The van der Waals surface area contributed by atoms with Crippen LogP contribution in [0.2, 0.25) is 0 Å². The van der Waals surface area contributed by atoms with Crippen LogP contribution in [0.15, 0.2) is 102 Å². The van der Waals surface area contributed by atoms with Gasteiger partial charge >= 0.3 is 0 Å². The van der Waals surface area contributed by atoms with Crippen LogP contribution in [0.1, 0.15) is 28.4 Å². The van der Waals surface area contributed by atoms with Crippen LogP contribution in [0.4, 0.5) is 0 Å². The zero-order chi connectivity index (χ0) is 19.2. The number of nitrogens with zero attached hydrogens (tertiary/aromatic N) is 1. The summed E-state index contributed by atoms with van der Waals surface area (Å²) in [5.41, 5.74) is 4.73. The molecule has 2 heteroatoms. The molecule has 0 amide bonds. The molecule has 0 fully saturated rings. The number of aromatic nitrogens is 1. The molecule has 0 bridgehead atoms. The highest BCUT2D eigenvalue weighted by atomic mass is 16.4. The molecular weight excluding hydrogens is 342 g/mol. The van der Waals surface area contributed by atoms with Gasteiger partial charge in [-0.2, -0.15) is 0 Å². The van der Waals surface area contributed by atoms with Crippen molar-refractivity contribution in [2.24, 2.45) is 0 Å². The maximum absolute atomic E-state index is 6.05. The van der Waals surface area contributed by atoms with Gasteiger partial charge in [-0.05, 0) is 30.2 Å². The van der Waals surface area contributed by atoms with Crippen molar-refractivity contribution in [1.82, 2.24) is 4.98 Å². The van der Waals surface area contributed by atoms with Crippen molar-refractivity contribution in [2.45, 2.75) is 19.3 Å². The molecule has 0 spiro atoms. The Morgan fingerprint density at radius 3 is 2.25 bits per heavy atom. The third-order valence-corrected chi connectivity index (χ3v) is 4.82. The summed E-state index contributed by atoms with van der Waals surface area (Å²) in [5, 5.41) is 0. The zero-order valence-corrected chi connectivity index (χ0v) is 16.0. The van der Waals surface area contributed by atoms with E-state index in [0.29, 0.717) is 5.89 Å². The predicted octanol–water partition coefficient (Wildman–Crippen LogP) is 6.69. The summed E-state index contributed by atoms with van der Waals surface area (Å²) in [7, 11) is 0. The van der Waals surface area contributed by atoms with Crippen LogP contribution in [0.5, 0.6) is 0 Å². The van der Waals surface area contributed by atoms with Crippen molar-refractivity contribution in [2.75, 3.05) is 0 Å². The van der Waals surface area contributed by atoms with Crippen molar-refractivity contribution >= 4 is 6.08 Å². The number of oxazole rings is 1. The highest BCUT2D eigenvalue weighted by Crippen LogP contribution is 2.26. The largest absolute Gasteiger partial charge is 0.441 e. The fourth-order valence-corrected chi connectivity index (χ4v) is 3.23. The van der Waals surface area contributed by atoms with E-state index >= 15 is 0 Å². The number of hydrogen-bond donors (Lipinski definition) is 0. The molecule has 1 atom stereocenters. The molecule has 4 aromatic rings. The van der Waals surface area contributed by atoms with Gasteiger partial charge in [-0.3, -0.25) is 0 Å². The van der Waals surface area contributed by atoms with Gasteiger partial charge in [-0.25, -0.2) is 4.98 Å². The summed E-state index contributed by atoms with van der Waals surface area (Å²) in [6, 6.07) is 29.1. The van der Waals surface area contributed by atoms with Gasteiger partial charge < -0.3 is 4.42 Å². The first-order valence-electron chi connectivity index (χ1n) is 9.58. The normalized spacial score (nSPS) is 12.3. The lowest BCUT2D eigenvalue weighted by molar-refractivity contribution is 0.508. The highest BCUT2D eigenvalue weighted by Gasteiger charge is 2.14. The summed E-state index contributed by atoms with van der Waals surface area (Å²) >= 11 is 0. The Labute approximate surface area is 166 Å². The van der Waals surface area contributed by atoms with Crippen molar-refractivity contribution < 1.29 is 4.42 Å². The lowest BCUT2D eigenvalue weighted by Crippen LogP contribution is -1.99. The van der Waals surface area contributed by atoms with Gasteiger partial charge in [-0.1, -0.05) is 90.5 Å². The Hall–Kier alpha value is -3.39. The lowest BCUT2D eigenvalue weighted by atomic mass is 9.93. The second-order valence-electron chi connectivity index (χ2n) is 6.99. The van der Waals surface area contributed by atoms with Gasteiger partial charge in [0, 0.05) is 17.9 Å². The molecule has 0 aliphatic heterocycles. The average Bonchev–Trinajstić information content (AvgIpc) is 3.22. The van der Waals surface area contributed by atoms with E-state index in [0.717, 1.165) is 17.7 Å². The number of allylic oxidation sites excluding steroid dienone is 1. The molecule has 0 saturated carbocycles. The van der Waals surface area contributed by atoms with Crippen molar-refractivity contribution in [3.8, 4) is 11.5 Å². The van der Waals surface area contributed by atoms with Gasteiger partial charge in [0.15, 0.2) is 0 Å². The molecule has 138 valence electrons. The van der Waals surface area contributed by atoms with Crippen LogP contribution in [0, 0.1) is 6.92 Å². The Kier molecular flexibility index (Phi) is 5.48. The summed E-state index contributed by atoms with van der Waals surface area (Å²) in [6.07, 6.45) is 7.05. The molecule has 4 rings (SSSR count). The Bertz CT molecular complexity index is 1030. The number of benzene rings is 3. The second kappa shape index (κ2) is 8.53. The molecular formula is C26H23NO. The van der Waals surface area contributed by atoms with E-state index < -0.39 is 0 Å². The molecule has 3 aromatic carbocycles. The van der Waals surface area contributed by atoms with Crippen LogP contribution >= 0.6 is 0 Å². The van der Waals surface area contributed by atoms with Gasteiger partial charge in [-0.15, -0.1) is 0 Å². The third kappa shape index (κ3) is 4.47. The first-order valence-corrected chi connectivity index (χ1v) is 9.58. The van der Waals surface area contributed by atoms with Gasteiger partial charge in [0.2, 0.25) is 5.89 Å². The van der Waals surface area contributed by atoms with Crippen molar-refractivity contribution in [3.63, 3.8) is 0 Å². The second-order valence-corrected chi connectivity index (χ2v) is 6.99. The summed E-state index contributed by atoms with van der Waals surface area (Å²) in [6.45, 7) is 2.11. The first kappa shape index (κ1) is 18.0. The predicted molar refractivity (Wildman–Crippen MR) is 115 cm³/mol. The van der Waals surface area contributed by atoms with E-state index in [4.69, 9.17) is 4.42 Å². The number of rotatable bonds is 6. The smallest absolute Gasteiger partial charge is 0.226 e. The minimum Gasteiger partial charge on any atom is -0.441 e. The molecule has 0 saturated heterocycles. The average molecular weight is 365 g/mol. The fraction of sp³-hybridized carbons (Fsp3) is 0.115. The van der Waals surface area contributed by atoms with Crippen LogP contribution in [0.3, 0.4) is 0 Å². The molecule has 0 aliphatic carbocycles. The zero-order valence-electron chi connectivity index (χ0n) is 16.0. The Morgan fingerprint density at radius 1 is 0.857 bits per heavy atom. The van der Waals surface area contributed by atoms with E-state index in [-0.39, 0.29) is 5.92 Å². The highest BCUT2D eigenvalue weighted by molar-refractivity contribution is 5.53. The minimum atomic E-state index is 0.220. The third-order valence-electron chi connectivity index (χ3n) is 4.82. The van der Waals surface area contributed by atoms with Gasteiger partial charge in [0.05, 0.1) is 6.20 Å². The van der Waals surface area contributed by atoms with Crippen LogP contribution in [-0.2, 0) is 6.42 Å². The Morgan fingerprint density at radius 2 is 1.54 bits per heavy atom. The Balaban J connectivity index is 1.59. The standard InChI is InChI=1S/C26H23NO/c1-20-12-15-22(16-13-20)24(17-14-21-8-4-2-5-9-21)18-25-19-27-26(28-25)23-10-6-3-7-11-23/h2-17,19,24H,18H2,1H3/b17-14+. The maximum Gasteiger partial charge on any atom is 0.226 e. The SMILES string of the molecule is Cc1ccc(C(/C=C/c2ccccc2)Cc2cnc(-c3ccccc3)o2)cc1. The number of hydrogen-bond acceptors (Lipinski definition) is 2. The quantitative estimate of drug-likeness (QED) is 0.380. The lowest BCUT2D eigenvalue weighted by Gasteiger charge is -2.12. The minimum absolute atomic E-state index is 0.220. The van der Waals surface area contributed by atoms with Crippen LogP contribution in [-0.4, -0.2) is 4.98 Å². The van der Waals surface area contributed by atoms with E-state index in [1.54, 1.807) is 0 Å². The molecule has 1 heterocycles. The molecule has 0 aliphatic rings.